The number of nitrogens with zero attached hydrogens (tertiary/aromatic N) is 4. The average Bonchev–Trinajstić information content (AvgIpc) is 3.16. The minimum Gasteiger partial charge on any atom is -0.362 e. The highest BCUT2D eigenvalue weighted by Gasteiger charge is 2.29. The summed E-state index contributed by atoms with van der Waals surface area (Å²) >= 11 is 0. The van der Waals surface area contributed by atoms with Crippen molar-refractivity contribution in [2.75, 3.05) is 18.4 Å². The summed E-state index contributed by atoms with van der Waals surface area (Å²) < 4.78 is 0. The fourth-order valence-corrected chi connectivity index (χ4v) is 3.82. The van der Waals surface area contributed by atoms with E-state index in [1.807, 2.05) is 0 Å². The van der Waals surface area contributed by atoms with Gasteiger partial charge in [0, 0.05) is 30.9 Å². The van der Waals surface area contributed by atoms with Crippen molar-refractivity contribution in [3.8, 4) is 6.07 Å². The lowest BCUT2D eigenvalue weighted by molar-refractivity contribution is -0.384. The number of anilines is 1. The van der Waals surface area contributed by atoms with Crippen molar-refractivity contribution in [3.05, 3.63) is 28.4 Å². The molecule has 144 valence electrons. The van der Waals surface area contributed by atoms with E-state index in [0.29, 0.717) is 12.4 Å². The van der Waals surface area contributed by atoms with Gasteiger partial charge in [0.15, 0.2) is 0 Å². The van der Waals surface area contributed by atoms with Gasteiger partial charge in [0.1, 0.15) is 6.04 Å². The summed E-state index contributed by atoms with van der Waals surface area (Å²) in [6, 6.07) is 5.28. The molecule has 27 heavy (non-hydrogen) atoms. The Morgan fingerprint density at radius 2 is 2.07 bits per heavy atom. The number of amides is 1. The Hall–Kier alpha value is -2.73. The smallest absolute Gasteiger partial charge is 0.311 e. The van der Waals surface area contributed by atoms with Crippen LogP contribution in [0.3, 0.4) is 0 Å². The number of nitro groups is 1. The van der Waals surface area contributed by atoms with Crippen molar-refractivity contribution in [2.45, 2.75) is 56.7 Å². The van der Waals surface area contributed by atoms with E-state index in [4.69, 9.17) is 5.26 Å². The van der Waals surface area contributed by atoms with Crippen molar-refractivity contribution in [2.24, 2.45) is 0 Å². The third kappa shape index (κ3) is 4.71. The Bertz CT molecular complexity index is 726. The zero-order chi connectivity index (χ0) is 19.2. The van der Waals surface area contributed by atoms with Crippen LogP contribution in [0.1, 0.15) is 38.5 Å². The second-order valence-electron chi connectivity index (χ2n) is 7.08. The van der Waals surface area contributed by atoms with Gasteiger partial charge in [-0.3, -0.25) is 14.9 Å². The van der Waals surface area contributed by atoms with Crippen LogP contribution >= 0.6 is 0 Å². The highest BCUT2D eigenvalue weighted by Crippen LogP contribution is 2.26. The third-order valence-electron chi connectivity index (χ3n) is 5.32. The van der Waals surface area contributed by atoms with Crippen LogP contribution in [0.25, 0.3) is 0 Å². The molecular weight excluding hydrogens is 348 g/mol. The molecule has 1 aliphatic carbocycles. The van der Waals surface area contributed by atoms with Crippen molar-refractivity contribution in [1.82, 2.24) is 15.2 Å². The van der Waals surface area contributed by atoms with Crippen LogP contribution < -0.4 is 10.6 Å². The van der Waals surface area contributed by atoms with Crippen LogP contribution in [0.2, 0.25) is 0 Å². The summed E-state index contributed by atoms with van der Waals surface area (Å²) in [5.41, 5.74) is -0.0130. The second-order valence-corrected chi connectivity index (χ2v) is 7.08. The maximum Gasteiger partial charge on any atom is 0.311 e. The maximum absolute atomic E-state index is 12.3. The summed E-state index contributed by atoms with van der Waals surface area (Å²) in [5, 5.41) is 26.7. The highest BCUT2D eigenvalue weighted by molar-refractivity contribution is 5.79. The number of hydrogen-bond donors (Lipinski definition) is 2. The number of pyridine rings is 1. The van der Waals surface area contributed by atoms with Gasteiger partial charge in [-0.1, -0.05) is 0 Å². The lowest BCUT2D eigenvalue weighted by Gasteiger charge is -2.30. The molecule has 2 N–H and O–H groups in total. The zero-order valence-electron chi connectivity index (χ0n) is 15.1. The monoisotopic (exact) mass is 372 g/mol. The number of likely N-dealkylation sites (tertiary alicyclic amines) is 1. The SMILES string of the molecule is N#C[C@@H]1CCCN1C(=O)CN[C@H]1CC[C@H](Nc2ncccc2[N+](=O)[O-])CC1. The number of carbonyl (C=O) groups excluding carboxylic acids is 1. The topological polar surface area (TPSA) is 124 Å². The number of nitrogens with one attached hydrogen (secondary N) is 2. The lowest BCUT2D eigenvalue weighted by atomic mass is 9.91. The van der Waals surface area contributed by atoms with Crippen LogP contribution in [0.5, 0.6) is 0 Å². The average molecular weight is 372 g/mol. The number of hydrogen-bond acceptors (Lipinski definition) is 7. The summed E-state index contributed by atoms with van der Waals surface area (Å²) in [4.78, 5) is 28.7. The molecule has 0 spiro atoms. The molecule has 0 aromatic carbocycles. The van der Waals surface area contributed by atoms with Crippen LogP contribution in [0.4, 0.5) is 11.5 Å². The molecule has 1 aromatic rings. The molecule has 2 fully saturated rings. The largest absolute Gasteiger partial charge is 0.362 e. The van der Waals surface area contributed by atoms with Gasteiger partial charge in [-0.15, -0.1) is 0 Å². The van der Waals surface area contributed by atoms with E-state index in [0.717, 1.165) is 38.5 Å². The summed E-state index contributed by atoms with van der Waals surface area (Å²) in [7, 11) is 0. The minimum atomic E-state index is -0.430. The van der Waals surface area contributed by atoms with E-state index in [2.05, 4.69) is 21.7 Å². The molecule has 2 aliphatic rings. The molecular formula is C18H24N6O3. The highest BCUT2D eigenvalue weighted by atomic mass is 16.6. The maximum atomic E-state index is 12.3. The molecule has 1 amide bonds. The van der Waals surface area contributed by atoms with Gasteiger partial charge in [-0.25, -0.2) is 4.98 Å². The van der Waals surface area contributed by atoms with Gasteiger partial charge in [0.2, 0.25) is 11.7 Å². The van der Waals surface area contributed by atoms with Crippen molar-refractivity contribution >= 4 is 17.4 Å². The van der Waals surface area contributed by atoms with Crippen molar-refractivity contribution < 1.29 is 9.72 Å². The molecule has 3 rings (SSSR count). The standard InChI is InChI=1S/C18H24N6O3/c19-11-15-3-2-10-23(15)17(25)12-21-13-5-7-14(8-6-13)22-18-16(24(26)27)4-1-9-20-18/h1,4,9,13-15,21H,2-3,5-8,10,12H2,(H,20,22)/t13-,14-,15-/m0/s1. The van der Waals surface area contributed by atoms with Crippen molar-refractivity contribution in [3.63, 3.8) is 0 Å². The van der Waals surface area contributed by atoms with Crippen molar-refractivity contribution in [1.29, 1.82) is 5.26 Å². The van der Waals surface area contributed by atoms with E-state index < -0.39 is 4.92 Å². The molecule has 0 bridgehead atoms. The van der Waals surface area contributed by atoms with E-state index >= 15 is 0 Å². The number of aromatic nitrogens is 1. The molecule has 1 aliphatic heterocycles. The van der Waals surface area contributed by atoms with E-state index in [1.165, 1.54) is 6.07 Å². The Morgan fingerprint density at radius 1 is 1.33 bits per heavy atom. The molecule has 9 heteroatoms. The number of nitriles is 1. The summed E-state index contributed by atoms with van der Waals surface area (Å²) in [5.74, 6) is 0.300. The van der Waals surface area contributed by atoms with Gasteiger partial charge >= 0.3 is 5.69 Å². The molecule has 2 heterocycles. The molecule has 0 unspecified atom stereocenters. The zero-order valence-corrected chi connectivity index (χ0v) is 15.1. The lowest BCUT2D eigenvalue weighted by Crippen LogP contribution is -2.45. The summed E-state index contributed by atoms with van der Waals surface area (Å²) in [6.45, 7) is 0.922. The number of rotatable bonds is 6. The van der Waals surface area contributed by atoms with Crippen LogP contribution in [0.15, 0.2) is 18.3 Å². The first-order valence-electron chi connectivity index (χ1n) is 9.37. The van der Waals surface area contributed by atoms with Gasteiger partial charge in [-0.2, -0.15) is 5.26 Å². The first kappa shape index (κ1) is 19.0. The normalized spacial score (nSPS) is 25.0. The predicted molar refractivity (Wildman–Crippen MR) is 98.9 cm³/mol. The quantitative estimate of drug-likeness (QED) is 0.576. The second kappa shape index (κ2) is 8.77. The van der Waals surface area contributed by atoms with E-state index in [-0.39, 0.29) is 36.3 Å². The molecule has 9 nitrogen and oxygen atoms in total. The molecule has 0 radical (unpaired) electrons. The Kier molecular flexibility index (Phi) is 6.19. The number of carbonyl (C=O) groups is 1. The Balaban J connectivity index is 1.44. The van der Waals surface area contributed by atoms with Crippen LogP contribution in [0, 0.1) is 21.4 Å². The minimum absolute atomic E-state index is 0.0107. The Morgan fingerprint density at radius 3 is 2.78 bits per heavy atom. The first-order chi connectivity index (χ1) is 13.1. The molecule has 1 saturated carbocycles. The molecule has 1 saturated heterocycles. The van der Waals surface area contributed by atoms with E-state index in [1.54, 1.807) is 17.2 Å². The fourth-order valence-electron chi connectivity index (χ4n) is 3.82. The van der Waals surface area contributed by atoms with Gasteiger partial charge in [-0.05, 0) is 44.6 Å². The van der Waals surface area contributed by atoms with Gasteiger partial charge in [0.25, 0.3) is 0 Å². The predicted octanol–water partition coefficient (Wildman–Crippen LogP) is 1.82. The summed E-state index contributed by atoms with van der Waals surface area (Å²) in [6.07, 6.45) is 6.66. The Labute approximate surface area is 157 Å². The van der Waals surface area contributed by atoms with Gasteiger partial charge < -0.3 is 15.5 Å². The van der Waals surface area contributed by atoms with Crippen LogP contribution in [-0.2, 0) is 4.79 Å². The van der Waals surface area contributed by atoms with E-state index in [9.17, 15) is 14.9 Å². The fraction of sp³-hybridized carbons (Fsp3) is 0.611. The van der Waals surface area contributed by atoms with Gasteiger partial charge in [0.05, 0.1) is 17.5 Å². The third-order valence-corrected chi connectivity index (χ3v) is 5.32. The molecule has 1 aromatic heterocycles. The van der Waals surface area contributed by atoms with Crippen LogP contribution in [-0.4, -0.2) is 51.9 Å². The molecule has 1 atom stereocenters. The first-order valence-corrected chi connectivity index (χ1v) is 9.37.